The highest BCUT2D eigenvalue weighted by Gasteiger charge is 2.11. The number of aryl methyl sites for hydroxylation is 1. The van der Waals surface area contributed by atoms with Crippen molar-refractivity contribution in [1.29, 1.82) is 0 Å². The lowest BCUT2D eigenvalue weighted by Crippen LogP contribution is -2.37. The van der Waals surface area contributed by atoms with E-state index < -0.39 is 0 Å². The Labute approximate surface area is 105 Å². The third-order valence-electron chi connectivity index (χ3n) is 2.45. The van der Waals surface area contributed by atoms with Crippen molar-refractivity contribution < 1.29 is 4.79 Å². The number of rotatable bonds is 3. The molecule has 0 heterocycles. The summed E-state index contributed by atoms with van der Waals surface area (Å²) in [7, 11) is 1.65. The quantitative estimate of drug-likeness (QED) is 0.910. The molecule has 0 fully saturated rings. The number of amides is 2. The van der Waals surface area contributed by atoms with E-state index >= 15 is 0 Å². The van der Waals surface area contributed by atoms with Crippen LogP contribution in [0.4, 0.5) is 4.79 Å². The molecule has 0 unspecified atom stereocenters. The SMILES string of the molecule is CCN(Cc1cc(C)ccc1Br)C(=O)NC. The summed E-state index contributed by atoms with van der Waals surface area (Å²) in [5.74, 6) is 0. The van der Waals surface area contributed by atoms with Gasteiger partial charge in [-0.05, 0) is 25.5 Å². The molecule has 1 rings (SSSR count). The molecular weight excluding hydrogens is 268 g/mol. The maximum atomic E-state index is 11.5. The second kappa shape index (κ2) is 5.89. The number of urea groups is 1. The average molecular weight is 285 g/mol. The molecule has 0 bridgehead atoms. The van der Waals surface area contributed by atoms with Gasteiger partial charge < -0.3 is 10.2 Å². The molecule has 16 heavy (non-hydrogen) atoms. The highest BCUT2D eigenvalue weighted by atomic mass is 79.9. The van der Waals surface area contributed by atoms with Crippen molar-refractivity contribution in [3.05, 3.63) is 33.8 Å². The molecule has 0 aromatic heterocycles. The number of carbonyl (C=O) groups is 1. The molecule has 3 nitrogen and oxygen atoms in total. The molecule has 0 saturated heterocycles. The minimum Gasteiger partial charge on any atom is -0.341 e. The van der Waals surface area contributed by atoms with Gasteiger partial charge in [0.05, 0.1) is 0 Å². The van der Waals surface area contributed by atoms with Crippen molar-refractivity contribution in [3.8, 4) is 0 Å². The number of hydrogen-bond donors (Lipinski definition) is 1. The van der Waals surface area contributed by atoms with Gasteiger partial charge in [0.2, 0.25) is 0 Å². The zero-order valence-corrected chi connectivity index (χ0v) is 11.5. The molecular formula is C12H17BrN2O. The van der Waals surface area contributed by atoms with E-state index in [1.165, 1.54) is 5.56 Å². The zero-order valence-electron chi connectivity index (χ0n) is 9.88. The van der Waals surface area contributed by atoms with Crippen molar-refractivity contribution in [1.82, 2.24) is 10.2 Å². The van der Waals surface area contributed by atoms with Gasteiger partial charge in [-0.15, -0.1) is 0 Å². The van der Waals surface area contributed by atoms with Crippen molar-refractivity contribution in [2.75, 3.05) is 13.6 Å². The summed E-state index contributed by atoms with van der Waals surface area (Å²) in [6.45, 7) is 5.34. The molecule has 0 atom stereocenters. The maximum absolute atomic E-state index is 11.5. The molecule has 0 radical (unpaired) electrons. The first-order valence-corrected chi connectivity index (χ1v) is 6.09. The maximum Gasteiger partial charge on any atom is 0.317 e. The number of carbonyl (C=O) groups excluding carboxylic acids is 1. The number of hydrogen-bond acceptors (Lipinski definition) is 1. The first-order valence-electron chi connectivity index (χ1n) is 5.30. The predicted octanol–water partition coefficient (Wildman–Crippen LogP) is 2.92. The molecule has 0 aliphatic heterocycles. The van der Waals surface area contributed by atoms with Crippen molar-refractivity contribution >= 4 is 22.0 Å². The third-order valence-corrected chi connectivity index (χ3v) is 3.22. The van der Waals surface area contributed by atoms with Gasteiger partial charge in [-0.1, -0.05) is 33.6 Å². The van der Waals surface area contributed by atoms with Gasteiger partial charge in [-0.25, -0.2) is 4.79 Å². The van der Waals surface area contributed by atoms with Crippen LogP contribution in [0.2, 0.25) is 0 Å². The second-order valence-corrected chi connectivity index (χ2v) is 4.52. The van der Waals surface area contributed by atoms with E-state index in [1.54, 1.807) is 11.9 Å². The van der Waals surface area contributed by atoms with Crippen LogP contribution in [0.1, 0.15) is 18.1 Å². The van der Waals surface area contributed by atoms with Gasteiger partial charge in [-0.3, -0.25) is 0 Å². The fraction of sp³-hybridized carbons (Fsp3) is 0.417. The molecule has 4 heteroatoms. The average Bonchev–Trinajstić information content (AvgIpc) is 2.29. The van der Waals surface area contributed by atoms with E-state index in [0.29, 0.717) is 13.1 Å². The second-order valence-electron chi connectivity index (χ2n) is 3.66. The molecule has 1 aromatic rings. The molecule has 0 saturated carbocycles. The van der Waals surface area contributed by atoms with Crippen LogP contribution < -0.4 is 5.32 Å². The zero-order chi connectivity index (χ0) is 12.1. The Morgan fingerprint density at radius 1 is 1.50 bits per heavy atom. The lowest BCUT2D eigenvalue weighted by molar-refractivity contribution is 0.200. The number of nitrogens with one attached hydrogen (secondary N) is 1. The molecule has 1 N–H and O–H groups in total. The summed E-state index contributed by atoms with van der Waals surface area (Å²) >= 11 is 3.50. The van der Waals surface area contributed by atoms with Crippen LogP contribution in [0.3, 0.4) is 0 Å². The molecule has 0 aliphatic rings. The highest BCUT2D eigenvalue weighted by molar-refractivity contribution is 9.10. The lowest BCUT2D eigenvalue weighted by Gasteiger charge is -2.21. The Kier molecular flexibility index (Phi) is 4.80. The Hall–Kier alpha value is -1.03. The van der Waals surface area contributed by atoms with Gasteiger partial charge in [0.15, 0.2) is 0 Å². The Bertz CT molecular complexity index is 379. The molecule has 88 valence electrons. The fourth-order valence-electron chi connectivity index (χ4n) is 1.52. The third kappa shape index (κ3) is 3.23. The number of nitrogens with zero attached hydrogens (tertiary/aromatic N) is 1. The van der Waals surface area contributed by atoms with Gasteiger partial charge in [0, 0.05) is 24.6 Å². The van der Waals surface area contributed by atoms with E-state index in [1.807, 2.05) is 26.0 Å². The van der Waals surface area contributed by atoms with Gasteiger partial charge >= 0.3 is 6.03 Å². The van der Waals surface area contributed by atoms with Gasteiger partial charge in [0.25, 0.3) is 0 Å². The van der Waals surface area contributed by atoms with Crippen LogP contribution in [0.15, 0.2) is 22.7 Å². The number of halogens is 1. The van der Waals surface area contributed by atoms with E-state index in [9.17, 15) is 4.79 Å². The molecule has 1 aromatic carbocycles. The molecule has 0 spiro atoms. The Morgan fingerprint density at radius 2 is 2.19 bits per heavy atom. The van der Waals surface area contributed by atoms with E-state index in [0.717, 1.165) is 10.0 Å². The van der Waals surface area contributed by atoms with Crippen LogP contribution >= 0.6 is 15.9 Å². The van der Waals surface area contributed by atoms with Crippen molar-refractivity contribution in [3.63, 3.8) is 0 Å². The summed E-state index contributed by atoms with van der Waals surface area (Å²) < 4.78 is 1.04. The van der Waals surface area contributed by atoms with Crippen molar-refractivity contribution in [2.24, 2.45) is 0 Å². The van der Waals surface area contributed by atoms with Crippen LogP contribution in [-0.4, -0.2) is 24.5 Å². The van der Waals surface area contributed by atoms with Gasteiger partial charge in [0.1, 0.15) is 0 Å². The summed E-state index contributed by atoms with van der Waals surface area (Å²) in [6, 6.07) is 6.11. The smallest absolute Gasteiger partial charge is 0.317 e. The minimum absolute atomic E-state index is 0.0455. The monoisotopic (exact) mass is 284 g/mol. The summed E-state index contributed by atoms with van der Waals surface area (Å²) in [4.78, 5) is 13.3. The Balaban J connectivity index is 2.85. The molecule has 0 aliphatic carbocycles. The molecule has 2 amide bonds. The first kappa shape index (κ1) is 13.0. The lowest BCUT2D eigenvalue weighted by atomic mass is 10.1. The first-order chi connectivity index (χ1) is 7.58. The highest BCUT2D eigenvalue weighted by Crippen LogP contribution is 2.19. The normalized spacial score (nSPS) is 10.0. The van der Waals surface area contributed by atoms with Crippen LogP contribution in [0, 0.1) is 6.92 Å². The van der Waals surface area contributed by atoms with E-state index in [4.69, 9.17) is 0 Å². The summed E-state index contributed by atoms with van der Waals surface area (Å²) in [5, 5.41) is 2.64. The number of benzene rings is 1. The van der Waals surface area contributed by atoms with Crippen LogP contribution in [0.25, 0.3) is 0 Å². The topological polar surface area (TPSA) is 32.3 Å². The van der Waals surface area contributed by atoms with E-state index in [2.05, 4.69) is 27.3 Å². The van der Waals surface area contributed by atoms with Crippen LogP contribution in [-0.2, 0) is 6.54 Å². The minimum atomic E-state index is -0.0455. The van der Waals surface area contributed by atoms with E-state index in [-0.39, 0.29) is 6.03 Å². The fourth-order valence-corrected chi connectivity index (χ4v) is 1.89. The predicted molar refractivity (Wildman–Crippen MR) is 69.4 cm³/mol. The van der Waals surface area contributed by atoms with Gasteiger partial charge in [-0.2, -0.15) is 0 Å². The summed E-state index contributed by atoms with van der Waals surface area (Å²) in [6.07, 6.45) is 0. The van der Waals surface area contributed by atoms with Crippen molar-refractivity contribution in [2.45, 2.75) is 20.4 Å². The largest absolute Gasteiger partial charge is 0.341 e. The summed E-state index contributed by atoms with van der Waals surface area (Å²) in [5.41, 5.74) is 2.33. The Morgan fingerprint density at radius 3 is 2.75 bits per heavy atom. The van der Waals surface area contributed by atoms with Crippen LogP contribution in [0.5, 0.6) is 0 Å². The standard InChI is InChI=1S/C12H17BrN2O/c1-4-15(12(16)14-3)8-10-7-9(2)5-6-11(10)13/h5-7H,4,8H2,1-3H3,(H,14,16).